The summed E-state index contributed by atoms with van der Waals surface area (Å²) >= 11 is 0. The van der Waals surface area contributed by atoms with Gasteiger partial charge in [0.05, 0.1) is 35.8 Å². The van der Waals surface area contributed by atoms with Gasteiger partial charge in [-0.3, -0.25) is 4.99 Å². The van der Waals surface area contributed by atoms with Crippen molar-refractivity contribution in [2.75, 3.05) is 18.1 Å². The Hall–Kier alpha value is -3.92. The van der Waals surface area contributed by atoms with E-state index in [1.165, 1.54) is 0 Å². The monoisotopic (exact) mass is 422 g/mol. The molecule has 0 saturated carbocycles. The van der Waals surface area contributed by atoms with E-state index in [1.54, 1.807) is 20.0 Å². The number of hydrogen-bond donors (Lipinski definition) is 0. The molecule has 0 amide bonds. The molecule has 0 saturated heterocycles. The van der Waals surface area contributed by atoms with Gasteiger partial charge in [0.1, 0.15) is 0 Å². The lowest BCUT2D eigenvalue weighted by atomic mass is 9.95. The van der Waals surface area contributed by atoms with Crippen molar-refractivity contribution in [3.63, 3.8) is 0 Å². The van der Waals surface area contributed by atoms with Gasteiger partial charge >= 0.3 is 5.97 Å². The van der Waals surface area contributed by atoms with Crippen molar-refractivity contribution in [3.8, 4) is 11.1 Å². The van der Waals surface area contributed by atoms with E-state index in [9.17, 15) is 4.79 Å². The van der Waals surface area contributed by atoms with Crippen LogP contribution in [0.1, 0.15) is 25.0 Å². The molecule has 0 radical (unpaired) electrons. The summed E-state index contributed by atoms with van der Waals surface area (Å²) in [6.45, 7) is 8.29. The van der Waals surface area contributed by atoms with E-state index in [1.807, 2.05) is 41.3 Å². The summed E-state index contributed by atoms with van der Waals surface area (Å²) in [5, 5.41) is 0. The molecule has 160 valence electrons. The fourth-order valence-electron chi connectivity index (χ4n) is 3.91. The van der Waals surface area contributed by atoms with Crippen molar-refractivity contribution < 1.29 is 9.53 Å². The van der Waals surface area contributed by atoms with Crippen LogP contribution in [0.2, 0.25) is 0 Å². The molecular weight excluding hydrogens is 396 g/mol. The zero-order valence-electron chi connectivity index (χ0n) is 18.4. The molecule has 0 N–H and O–H groups in total. The van der Waals surface area contributed by atoms with Gasteiger partial charge in [-0.1, -0.05) is 73.3 Å². The van der Waals surface area contributed by atoms with Crippen molar-refractivity contribution >= 4 is 17.4 Å². The van der Waals surface area contributed by atoms with Gasteiger partial charge < -0.3 is 9.64 Å². The molecule has 0 spiro atoms. The smallest absolute Gasteiger partial charge is 0.335 e. The second-order valence-electron chi connectivity index (χ2n) is 7.47. The Morgan fingerprint density at radius 3 is 2.28 bits per heavy atom. The molecule has 32 heavy (non-hydrogen) atoms. The first kappa shape index (κ1) is 21.3. The minimum Gasteiger partial charge on any atom is -0.463 e. The molecule has 4 nitrogen and oxygen atoms in total. The number of carbonyl (C=O) groups excluding carboxylic acids is 1. The van der Waals surface area contributed by atoms with Crippen LogP contribution < -0.4 is 4.90 Å². The number of fused-ring (bicyclic) bond motifs is 1. The predicted molar refractivity (Wildman–Crippen MR) is 131 cm³/mol. The summed E-state index contributed by atoms with van der Waals surface area (Å²) in [6, 6.07) is 26.7. The van der Waals surface area contributed by atoms with Crippen LogP contribution in [0.4, 0.5) is 5.69 Å². The van der Waals surface area contributed by atoms with Crippen LogP contribution in [0.3, 0.4) is 0 Å². The summed E-state index contributed by atoms with van der Waals surface area (Å²) in [4.78, 5) is 19.5. The van der Waals surface area contributed by atoms with Crippen molar-refractivity contribution in [2.24, 2.45) is 4.99 Å². The third-order valence-corrected chi connectivity index (χ3v) is 5.54. The zero-order valence-corrected chi connectivity index (χ0v) is 18.4. The summed E-state index contributed by atoms with van der Waals surface area (Å²) in [5.41, 5.74) is 7.36. The number of carbonyl (C=O) groups is 1. The molecule has 4 heteroatoms. The molecule has 0 aliphatic carbocycles. The first-order valence-electron chi connectivity index (χ1n) is 10.7. The van der Waals surface area contributed by atoms with Gasteiger partial charge in [0.25, 0.3) is 0 Å². The van der Waals surface area contributed by atoms with Crippen LogP contribution in [0.5, 0.6) is 0 Å². The number of rotatable bonds is 5. The maximum absolute atomic E-state index is 12.5. The Bertz CT molecular complexity index is 1190. The van der Waals surface area contributed by atoms with E-state index in [0.29, 0.717) is 18.7 Å². The number of aliphatic imine (C=N–C) groups is 1. The Balaban J connectivity index is 1.94. The third kappa shape index (κ3) is 4.12. The highest BCUT2D eigenvalue weighted by molar-refractivity contribution is 6.17. The van der Waals surface area contributed by atoms with Crippen molar-refractivity contribution in [2.45, 2.75) is 13.8 Å². The predicted octanol–water partition coefficient (Wildman–Crippen LogP) is 5.99. The lowest BCUT2D eigenvalue weighted by Gasteiger charge is -2.25. The molecule has 0 fully saturated rings. The van der Waals surface area contributed by atoms with Gasteiger partial charge in [0.15, 0.2) is 0 Å². The topological polar surface area (TPSA) is 41.9 Å². The Morgan fingerprint density at radius 1 is 1.00 bits per heavy atom. The van der Waals surface area contributed by atoms with Crippen LogP contribution in [0.25, 0.3) is 11.1 Å². The highest BCUT2D eigenvalue weighted by Crippen LogP contribution is 2.35. The summed E-state index contributed by atoms with van der Waals surface area (Å²) in [6.07, 6.45) is 1.74. The van der Waals surface area contributed by atoms with Gasteiger partial charge in [-0.25, -0.2) is 4.79 Å². The Morgan fingerprint density at radius 2 is 1.66 bits per heavy atom. The van der Waals surface area contributed by atoms with E-state index >= 15 is 0 Å². The lowest BCUT2D eigenvalue weighted by Crippen LogP contribution is -2.22. The number of benzodiazepines with no additional fused rings is 1. The maximum Gasteiger partial charge on any atom is 0.335 e. The summed E-state index contributed by atoms with van der Waals surface area (Å²) in [5.74, 6) is -0.338. The van der Waals surface area contributed by atoms with Crippen LogP contribution in [-0.4, -0.2) is 24.8 Å². The van der Waals surface area contributed by atoms with Crippen LogP contribution in [0, 0.1) is 0 Å². The van der Waals surface area contributed by atoms with E-state index in [0.717, 1.165) is 39.3 Å². The zero-order chi connectivity index (χ0) is 22.5. The van der Waals surface area contributed by atoms with Gasteiger partial charge in [-0.05, 0) is 37.1 Å². The van der Waals surface area contributed by atoms with E-state index < -0.39 is 0 Å². The van der Waals surface area contributed by atoms with Crippen molar-refractivity contribution in [3.05, 3.63) is 114 Å². The maximum atomic E-state index is 12.5. The van der Waals surface area contributed by atoms with Crippen molar-refractivity contribution in [1.29, 1.82) is 0 Å². The molecule has 1 heterocycles. The lowest BCUT2D eigenvalue weighted by molar-refractivity contribution is -0.138. The molecule has 1 aliphatic heterocycles. The summed E-state index contributed by atoms with van der Waals surface area (Å²) in [7, 11) is 0. The third-order valence-electron chi connectivity index (χ3n) is 5.54. The largest absolute Gasteiger partial charge is 0.463 e. The second kappa shape index (κ2) is 9.48. The van der Waals surface area contributed by atoms with Crippen LogP contribution in [0.15, 0.2) is 108 Å². The van der Waals surface area contributed by atoms with Crippen LogP contribution in [-0.2, 0) is 9.53 Å². The fourth-order valence-corrected chi connectivity index (χ4v) is 3.91. The molecule has 3 aromatic carbocycles. The second-order valence-corrected chi connectivity index (χ2v) is 7.47. The SMILES string of the molecule is C=CN1/C(=C(\C)C(=O)OCC)CN=C(c2ccccc2)c2cc(-c3ccccc3)ccc21. The standard InChI is InChI=1S/C28H26N2O2/c1-4-30-25-17-16-23(21-12-8-6-9-13-21)18-24(25)27(22-14-10-7-11-15-22)29-19-26(30)20(3)28(31)32-5-2/h4,6-18H,1,5,19H2,2-3H3/b26-20+. The van der Waals surface area contributed by atoms with Gasteiger partial charge in [0.2, 0.25) is 0 Å². The molecular formula is C28H26N2O2. The van der Waals surface area contributed by atoms with E-state index in [4.69, 9.17) is 9.73 Å². The molecule has 4 rings (SSSR count). The molecule has 3 aromatic rings. The van der Waals surface area contributed by atoms with Crippen LogP contribution >= 0.6 is 0 Å². The average Bonchev–Trinajstić information content (AvgIpc) is 3.01. The number of benzene rings is 3. The number of hydrogen-bond acceptors (Lipinski definition) is 4. The Labute approximate surface area is 189 Å². The average molecular weight is 423 g/mol. The number of esters is 1. The van der Waals surface area contributed by atoms with Gasteiger partial charge in [-0.2, -0.15) is 0 Å². The molecule has 0 aromatic heterocycles. The quantitative estimate of drug-likeness (QED) is 0.375. The minimum atomic E-state index is -0.338. The fraction of sp³-hybridized carbons (Fsp3) is 0.143. The summed E-state index contributed by atoms with van der Waals surface area (Å²) < 4.78 is 5.26. The number of ether oxygens (including phenoxy) is 1. The first-order chi connectivity index (χ1) is 15.6. The highest BCUT2D eigenvalue weighted by Gasteiger charge is 2.25. The van der Waals surface area contributed by atoms with E-state index in [-0.39, 0.29) is 5.97 Å². The first-order valence-corrected chi connectivity index (χ1v) is 10.7. The van der Waals surface area contributed by atoms with Crippen molar-refractivity contribution in [1.82, 2.24) is 0 Å². The number of nitrogens with zero attached hydrogens (tertiary/aromatic N) is 2. The Kier molecular flexibility index (Phi) is 6.31. The normalized spacial score (nSPS) is 14.7. The highest BCUT2D eigenvalue weighted by atomic mass is 16.5. The molecule has 0 unspecified atom stereocenters. The molecule has 0 atom stereocenters. The van der Waals surface area contributed by atoms with Gasteiger partial charge in [-0.15, -0.1) is 0 Å². The van der Waals surface area contributed by atoms with E-state index in [2.05, 4.69) is 49.0 Å². The number of anilines is 1. The molecule has 1 aliphatic rings. The molecule has 0 bridgehead atoms. The van der Waals surface area contributed by atoms with Gasteiger partial charge in [0, 0.05) is 17.3 Å². The minimum absolute atomic E-state index is 0.326.